The van der Waals surface area contributed by atoms with Crippen molar-refractivity contribution in [3.63, 3.8) is 0 Å². The van der Waals surface area contributed by atoms with Crippen LogP contribution in [-0.2, 0) is 0 Å². The van der Waals surface area contributed by atoms with Crippen molar-refractivity contribution >= 4 is 33.9 Å². The molecule has 3 aromatic rings. The molecule has 0 atom stereocenters. The number of carbonyl (C=O) groups is 1. The van der Waals surface area contributed by atoms with Crippen molar-refractivity contribution < 1.29 is 4.79 Å². The van der Waals surface area contributed by atoms with Gasteiger partial charge < -0.3 is 22.1 Å². The molecule has 1 heterocycles. The minimum atomic E-state index is -0.501. The number of benzene rings is 2. The highest BCUT2D eigenvalue weighted by Gasteiger charge is 2.14. The van der Waals surface area contributed by atoms with Crippen molar-refractivity contribution in [3.8, 4) is 0 Å². The number of nitrogens with zero attached hydrogens (tertiary/aromatic N) is 1. The third-order valence-electron chi connectivity index (χ3n) is 5.64. The highest BCUT2D eigenvalue weighted by atomic mass is 16.1. The zero-order valence-electron chi connectivity index (χ0n) is 18.8. The van der Waals surface area contributed by atoms with Gasteiger partial charge >= 0.3 is 0 Å². The topological polar surface area (TPSA) is 106 Å². The summed E-state index contributed by atoms with van der Waals surface area (Å²) in [6.07, 6.45) is 11.5. The first-order valence-corrected chi connectivity index (χ1v) is 11.7. The Morgan fingerprint density at radius 1 is 0.844 bits per heavy atom. The minimum Gasteiger partial charge on any atom is -0.385 e. The van der Waals surface area contributed by atoms with Gasteiger partial charge in [-0.2, -0.15) is 0 Å². The van der Waals surface area contributed by atoms with Gasteiger partial charge in [-0.25, -0.2) is 0 Å². The minimum absolute atomic E-state index is 0.380. The number of carbonyl (C=O) groups excluding carboxylic acids is 1. The van der Waals surface area contributed by atoms with Crippen molar-refractivity contribution in [3.05, 3.63) is 60.3 Å². The molecule has 0 aliphatic carbocycles. The molecule has 0 saturated carbocycles. The third-order valence-corrected chi connectivity index (χ3v) is 5.64. The highest BCUT2D eigenvalue weighted by Crippen LogP contribution is 2.31. The number of amides is 1. The number of anilines is 3. The number of nitrogens with one attached hydrogen (secondary N) is 2. The highest BCUT2D eigenvalue weighted by molar-refractivity contribution is 6.08. The number of hydrogen-bond acceptors (Lipinski definition) is 5. The van der Waals surface area contributed by atoms with Crippen LogP contribution < -0.4 is 22.1 Å². The van der Waals surface area contributed by atoms with E-state index in [1.54, 1.807) is 6.20 Å². The molecule has 2 aromatic carbocycles. The number of unbranched alkanes of at least 4 members (excludes halogenated alkanes) is 7. The zero-order valence-corrected chi connectivity index (χ0v) is 18.8. The number of nitrogens with two attached hydrogens (primary N) is 2. The van der Waals surface area contributed by atoms with Crippen molar-refractivity contribution in [2.75, 3.05) is 23.7 Å². The van der Waals surface area contributed by atoms with Crippen LogP contribution in [0.3, 0.4) is 0 Å². The van der Waals surface area contributed by atoms with Crippen molar-refractivity contribution in [1.29, 1.82) is 0 Å². The number of aromatic nitrogens is 1. The van der Waals surface area contributed by atoms with Gasteiger partial charge in [0.15, 0.2) is 0 Å². The van der Waals surface area contributed by atoms with E-state index in [0.717, 1.165) is 48.2 Å². The first-order chi connectivity index (χ1) is 15.7. The summed E-state index contributed by atoms with van der Waals surface area (Å²) in [5, 5.41) is 7.74. The molecule has 6 heteroatoms. The Labute approximate surface area is 190 Å². The molecule has 0 aliphatic rings. The van der Waals surface area contributed by atoms with Gasteiger partial charge in [-0.05, 0) is 49.7 Å². The van der Waals surface area contributed by atoms with E-state index in [2.05, 4.69) is 15.6 Å². The SMILES string of the molecule is NCCCCCCCCCCNc1ccc2ncc(C(N)=O)c(Nc3ccccc3)c2c1. The predicted molar refractivity (Wildman–Crippen MR) is 134 cm³/mol. The van der Waals surface area contributed by atoms with Crippen LogP contribution in [0.15, 0.2) is 54.7 Å². The van der Waals surface area contributed by atoms with Crippen LogP contribution in [0.4, 0.5) is 17.1 Å². The van der Waals surface area contributed by atoms with Crippen molar-refractivity contribution in [1.82, 2.24) is 4.98 Å². The van der Waals surface area contributed by atoms with Crippen LogP contribution >= 0.6 is 0 Å². The molecule has 32 heavy (non-hydrogen) atoms. The molecule has 0 unspecified atom stereocenters. The molecule has 3 rings (SSSR count). The van der Waals surface area contributed by atoms with Gasteiger partial charge in [-0.3, -0.25) is 9.78 Å². The average Bonchev–Trinajstić information content (AvgIpc) is 2.81. The second-order valence-electron chi connectivity index (χ2n) is 8.18. The van der Waals surface area contributed by atoms with Gasteiger partial charge in [0, 0.05) is 29.5 Å². The van der Waals surface area contributed by atoms with Gasteiger partial charge in [-0.1, -0.05) is 56.7 Å². The molecule has 0 aliphatic heterocycles. The van der Waals surface area contributed by atoms with E-state index in [1.165, 1.54) is 38.5 Å². The number of primary amides is 1. The Morgan fingerprint density at radius 2 is 1.53 bits per heavy atom. The fourth-order valence-corrected chi connectivity index (χ4v) is 3.85. The van der Waals surface area contributed by atoms with E-state index in [-0.39, 0.29) is 0 Å². The maximum atomic E-state index is 12.0. The number of rotatable bonds is 14. The molecule has 1 aromatic heterocycles. The Kier molecular flexibility index (Phi) is 9.32. The van der Waals surface area contributed by atoms with Crippen LogP contribution in [0.1, 0.15) is 61.7 Å². The van der Waals surface area contributed by atoms with Gasteiger partial charge in [0.05, 0.1) is 16.8 Å². The summed E-state index contributed by atoms with van der Waals surface area (Å²) in [6.45, 7) is 1.73. The van der Waals surface area contributed by atoms with Gasteiger partial charge in [-0.15, -0.1) is 0 Å². The molecular weight excluding hydrogens is 398 g/mol. The molecule has 1 amide bonds. The van der Waals surface area contributed by atoms with Crippen molar-refractivity contribution in [2.24, 2.45) is 11.5 Å². The summed E-state index contributed by atoms with van der Waals surface area (Å²) in [4.78, 5) is 16.5. The normalized spacial score (nSPS) is 10.9. The molecule has 0 radical (unpaired) electrons. The smallest absolute Gasteiger partial charge is 0.252 e. The average molecular weight is 434 g/mol. The van der Waals surface area contributed by atoms with E-state index in [1.807, 2.05) is 48.5 Å². The lowest BCUT2D eigenvalue weighted by Gasteiger charge is -2.14. The summed E-state index contributed by atoms with van der Waals surface area (Å²) in [6, 6.07) is 15.8. The molecule has 0 saturated heterocycles. The van der Waals surface area contributed by atoms with Crippen molar-refractivity contribution in [2.45, 2.75) is 51.4 Å². The predicted octanol–water partition coefficient (Wildman–Crippen LogP) is 5.57. The molecule has 0 fully saturated rings. The second-order valence-corrected chi connectivity index (χ2v) is 8.18. The van der Waals surface area contributed by atoms with Crippen LogP contribution in [0.5, 0.6) is 0 Å². The molecule has 170 valence electrons. The van der Waals surface area contributed by atoms with E-state index in [9.17, 15) is 4.79 Å². The maximum Gasteiger partial charge on any atom is 0.252 e. The quantitative estimate of drug-likeness (QED) is 0.249. The molecule has 6 nitrogen and oxygen atoms in total. The Balaban J connectivity index is 1.60. The van der Waals surface area contributed by atoms with E-state index in [0.29, 0.717) is 11.3 Å². The Morgan fingerprint density at radius 3 is 2.22 bits per heavy atom. The van der Waals surface area contributed by atoms with Crippen LogP contribution in [0, 0.1) is 0 Å². The largest absolute Gasteiger partial charge is 0.385 e. The van der Waals surface area contributed by atoms with E-state index in [4.69, 9.17) is 11.5 Å². The van der Waals surface area contributed by atoms with E-state index >= 15 is 0 Å². The Bertz CT molecular complexity index is 990. The number of pyridine rings is 1. The van der Waals surface area contributed by atoms with Gasteiger partial charge in [0.25, 0.3) is 5.91 Å². The Hall–Kier alpha value is -3.12. The summed E-state index contributed by atoms with van der Waals surface area (Å²) < 4.78 is 0. The van der Waals surface area contributed by atoms with Crippen LogP contribution in [0.2, 0.25) is 0 Å². The molecule has 0 bridgehead atoms. The molecule has 6 N–H and O–H groups in total. The summed E-state index contributed by atoms with van der Waals surface area (Å²) >= 11 is 0. The first kappa shape index (κ1) is 23.5. The summed E-state index contributed by atoms with van der Waals surface area (Å²) in [5.41, 5.74) is 14.9. The monoisotopic (exact) mass is 433 g/mol. The lowest BCUT2D eigenvalue weighted by atomic mass is 10.1. The summed E-state index contributed by atoms with van der Waals surface area (Å²) in [5.74, 6) is -0.501. The first-order valence-electron chi connectivity index (χ1n) is 11.7. The standard InChI is InChI=1S/C26H35N5O/c27-16-10-5-3-1-2-4-6-11-17-29-21-14-15-24-22(18-21)25(23(19-30-24)26(28)32)31-20-12-8-7-9-13-20/h7-9,12-15,18-19,29H,1-6,10-11,16-17,27H2,(H2,28,32)(H,30,31). The lowest BCUT2D eigenvalue weighted by molar-refractivity contribution is 0.100. The second kappa shape index (κ2) is 12.7. The van der Waals surface area contributed by atoms with Crippen LogP contribution in [0.25, 0.3) is 10.9 Å². The van der Waals surface area contributed by atoms with Crippen LogP contribution in [-0.4, -0.2) is 24.0 Å². The molecule has 0 spiro atoms. The zero-order chi connectivity index (χ0) is 22.6. The fourth-order valence-electron chi connectivity index (χ4n) is 3.85. The number of para-hydroxylation sites is 1. The maximum absolute atomic E-state index is 12.0. The third kappa shape index (κ3) is 6.95. The summed E-state index contributed by atoms with van der Waals surface area (Å²) in [7, 11) is 0. The van der Waals surface area contributed by atoms with E-state index < -0.39 is 5.91 Å². The number of fused-ring (bicyclic) bond motifs is 1. The van der Waals surface area contributed by atoms with Gasteiger partial charge in [0.2, 0.25) is 0 Å². The van der Waals surface area contributed by atoms with Gasteiger partial charge in [0.1, 0.15) is 0 Å². The number of hydrogen-bond donors (Lipinski definition) is 4. The molecular formula is C26H35N5O. The lowest BCUT2D eigenvalue weighted by Crippen LogP contribution is -2.14. The fraction of sp³-hybridized carbons (Fsp3) is 0.385.